The fourth-order valence-corrected chi connectivity index (χ4v) is 6.64. The summed E-state index contributed by atoms with van der Waals surface area (Å²) in [5.41, 5.74) is 4.76. The van der Waals surface area contributed by atoms with Crippen molar-refractivity contribution in [3.05, 3.63) is 51.6 Å². The zero-order chi connectivity index (χ0) is 24.3. The number of aliphatic hydroxyl groups is 1. The lowest BCUT2D eigenvalue weighted by atomic mass is 9.73. The van der Waals surface area contributed by atoms with Crippen LogP contribution < -0.4 is 9.62 Å². The van der Waals surface area contributed by atoms with Gasteiger partial charge in [-0.1, -0.05) is 0 Å². The molecule has 8 nitrogen and oxygen atoms in total. The standard InChI is InChI=1S/C24H31BrN6O2S/c1-15-21(25)31-19(6-10-27-31)22(28-15)30-11-7-24(8-12-30)13-17-16(5-9-26-18(17)14-32)20(24)29-34(33)23(2,3)4/h5-6,9-10,20,29,32H,7-8,11-14H2,1-4H3/t20-,34?/m1/s1. The molecule has 3 aromatic rings. The number of aryl methyl sites for hydroxylation is 1. The Morgan fingerprint density at radius 2 is 2.00 bits per heavy atom. The molecular formula is C24H31BrN6O2S. The van der Waals surface area contributed by atoms with E-state index in [0.717, 1.165) is 70.8 Å². The van der Waals surface area contributed by atoms with Gasteiger partial charge in [-0.05, 0) is 91.6 Å². The molecule has 0 saturated carbocycles. The number of anilines is 1. The molecule has 10 heteroatoms. The topological polar surface area (TPSA) is 95.6 Å². The van der Waals surface area contributed by atoms with E-state index in [4.69, 9.17) is 4.98 Å². The van der Waals surface area contributed by atoms with E-state index in [0.29, 0.717) is 0 Å². The van der Waals surface area contributed by atoms with Gasteiger partial charge in [0.25, 0.3) is 0 Å². The van der Waals surface area contributed by atoms with Crippen LogP contribution in [-0.4, -0.2) is 46.7 Å². The Hall–Kier alpha value is -1.88. The second-order valence-corrected chi connectivity index (χ2v) is 13.1. The van der Waals surface area contributed by atoms with Gasteiger partial charge in [0.2, 0.25) is 0 Å². The van der Waals surface area contributed by atoms with Gasteiger partial charge in [0.15, 0.2) is 5.82 Å². The third kappa shape index (κ3) is 3.88. The molecule has 0 amide bonds. The molecule has 1 aliphatic heterocycles. The van der Waals surface area contributed by atoms with Crippen LogP contribution in [0.15, 0.2) is 29.1 Å². The number of piperidine rings is 1. The normalized spacial score (nSPS) is 20.8. The molecule has 182 valence electrons. The van der Waals surface area contributed by atoms with Crippen LogP contribution in [0.3, 0.4) is 0 Å². The highest BCUT2D eigenvalue weighted by atomic mass is 79.9. The SMILES string of the molecule is Cc1nc(N2CCC3(CC2)Cc2c(ccnc2CO)[C@H]3NS(=O)C(C)(C)C)c2ccnn2c1Br. The Kier molecular flexibility index (Phi) is 6.07. The van der Waals surface area contributed by atoms with Crippen LogP contribution in [-0.2, 0) is 24.0 Å². The van der Waals surface area contributed by atoms with Crippen molar-refractivity contribution < 1.29 is 9.32 Å². The summed E-state index contributed by atoms with van der Waals surface area (Å²) in [4.78, 5) is 11.7. The summed E-state index contributed by atoms with van der Waals surface area (Å²) in [7, 11) is -1.21. The molecule has 1 saturated heterocycles. The quantitative estimate of drug-likeness (QED) is 0.518. The molecule has 2 atom stereocenters. The molecule has 5 rings (SSSR count). The van der Waals surface area contributed by atoms with E-state index < -0.39 is 11.0 Å². The third-order valence-electron chi connectivity index (χ3n) is 7.25. The predicted molar refractivity (Wildman–Crippen MR) is 137 cm³/mol. The lowest BCUT2D eigenvalue weighted by molar-refractivity contribution is 0.176. The minimum Gasteiger partial charge on any atom is -0.390 e. The van der Waals surface area contributed by atoms with Crippen LogP contribution in [0.1, 0.15) is 62.2 Å². The highest BCUT2D eigenvalue weighted by Gasteiger charge is 2.50. The fourth-order valence-electron chi connectivity index (χ4n) is 5.33. The van der Waals surface area contributed by atoms with Gasteiger partial charge in [0.05, 0.1) is 46.0 Å². The van der Waals surface area contributed by atoms with E-state index in [1.165, 1.54) is 0 Å². The lowest BCUT2D eigenvalue weighted by Gasteiger charge is -2.44. The van der Waals surface area contributed by atoms with Gasteiger partial charge < -0.3 is 10.0 Å². The first-order valence-electron chi connectivity index (χ1n) is 11.6. The number of aliphatic hydroxyl groups excluding tert-OH is 1. The van der Waals surface area contributed by atoms with Gasteiger partial charge >= 0.3 is 0 Å². The largest absolute Gasteiger partial charge is 0.390 e. The Morgan fingerprint density at radius 3 is 2.68 bits per heavy atom. The molecule has 0 bridgehead atoms. The molecule has 1 aliphatic carbocycles. The highest BCUT2D eigenvalue weighted by Crippen LogP contribution is 2.53. The first-order valence-corrected chi connectivity index (χ1v) is 13.6. The molecule has 1 spiro atoms. The number of aromatic nitrogens is 4. The van der Waals surface area contributed by atoms with Crippen LogP contribution in [0, 0.1) is 12.3 Å². The fraction of sp³-hybridized carbons (Fsp3) is 0.542. The van der Waals surface area contributed by atoms with E-state index in [1.54, 1.807) is 12.4 Å². The van der Waals surface area contributed by atoms with Crippen molar-refractivity contribution in [2.45, 2.75) is 64.4 Å². The Morgan fingerprint density at radius 1 is 1.26 bits per heavy atom. The number of halogens is 1. The van der Waals surface area contributed by atoms with Crippen molar-refractivity contribution in [3.63, 3.8) is 0 Å². The van der Waals surface area contributed by atoms with Gasteiger partial charge in [0, 0.05) is 19.3 Å². The number of rotatable bonds is 4. The molecule has 2 aliphatic rings. The van der Waals surface area contributed by atoms with E-state index in [2.05, 4.69) is 35.6 Å². The maximum absolute atomic E-state index is 13.2. The zero-order valence-electron chi connectivity index (χ0n) is 20.0. The van der Waals surface area contributed by atoms with Crippen LogP contribution in [0.2, 0.25) is 0 Å². The first-order chi connectivity index (χ1) is 16.1. The summed E-state index contributed by atoms with van der Waals surface area (Å²) in [6.45, 7) is 9.55. The van der Waals surface area contributed by atoms with E-state index >= 15 is 0 Å². The lowest BCUT2D eigenvalue weighted by Crippen LogP contribution is -2.48. The van der Waals surface area contributed by atoms with Crippen LogP contribution in [0.5, 0.6) is 0 Å². The number of nitrogens with one attached hydrogen (secondary N) is 1. The summed E-state index contributed by atoms with van der Waals surface area (Å²) in [5.74, 6) is 0.948. The minimum absolute atomic E-state index is 0.0485. The average molecular weight is 548 g/mol. The summed E-state index contributed by atoms with van der Waals surface area (Å²) in [5, 5.41) is 14.4. The number of hydrogen-bond donors (Lipinski definition) is 2. The van der Waals surface area contributed by atoms with Crippen molar-refractivity contribution in [2.24, 2.45) is 5.41 Å². The molecule has 4 heterocycles. The third-order valence-corrected chi connectivity index (χ3v) is 9.72. The number of hydrogen-bond acceptors (Lipinski definition) is 6. The molecular weight excluding hydrogens is 516 g/mol. The van der Waals surface area contributed by atoms with E-state index in [1.807, 2.05) is 44.3 Å². The molecule has 2 N–H and O–H groups in total. The minimum atomic E-state index is -1.21. The van der Waals surface area contributed by atoms with Crippen LogP contribution in [0.4, 0.5) is 5.82 Å². The second-order valence-electron chi connectivity index (χ2n) is 10.4. The molecule has 0 radical (unpaired) electrons. The maximum Gasteiger partial charge on any atom is 0.155 e. The molecule has 1 unspecified atom stereocenters. The molecule has 34 heavy (non-hydrogen) atoms. The zero-order valence-corrected chi connectivity index (χ0v) is 22.4. The average Bonchev–Trinajstić information content (AvgIpc) is 3.40. The number of fused-ring (bicyclic) bond motifs is 2. The van der Waals surface area contributed by atoms with Gasteiger partial charge in [-0.15, -0.1) is 0 Å². The van der Waals surface area contributed by atoms with Crippen LogP contribution in [0.25, 0.3) is 5.52 Å². The van der Waals surface area contributed by atoms with Crippen LogP contribution >= 0.6 is 15.9 Å². The Balaban J connectivity index is 1.47. The molecule has 0 aromatic carbocycles. The van der Waals surface area contributed by atoms with E-state index in [-0.39, 0.29) is 22.8 Å². The van der Waals surface area contributed by atoms with Gasteiger partial charge in [-0.2, -0.15) is 5.10 Å². The van der Waals surface area contributed by atoms with Crippen molar-refractivity contribution in [1.82, 2.24) is 24.3 Å². The number of nitrogens with zero attached hydrogens (tertiary/aromatic N) is 5. The van der Waals surface area contributed by atoms with Gasteiger partial charge in [-0.25, -0.2) is 18.4 Å². The van der Waals surface area contributed by atoms with E-state index in [9.17, 15) is 9.32 Å². The smallest absolute Gasteiger partial charge is 0.155 e. The Labute approximate surface area is 210 Å². The van der Waals surface area contributed by atoms with Crippen molar-refractivity contribution in [3.8, 4) is 0 Å². The summed E-state index contributed by atoms with van der Waals surface area (Å²) in [6.07, 6.45) is 6.23. The highest BCUT2D eigenvalue weighted by molar-refractivity contribution is 9.10. The van der Waals surface area contributed by atoms with Gasteiger partial charge in [-0.3, -0.25) is 4.98 Å². The second kappa shape index (κ2) is 8.65. The first kappa shape index (κ1) is 23.8. The summed E-state index contributed by atoms with van der Waals surface area (Å²) < 4.78 is 19.1. The summed E-state index contributed by atoms with van der Waals surface area (Å²) >= 11 is 3.60. The molecule has 3 aromatic heterocycles. The van der Waals surface area contributed by atoms with Crippen molar-refractivity contribution >= 4 is 38.3 Å². The Bertz CT molecular complexity index is 1260. The van der Waals surface area contributed by atoms with Crippen molar-refractivity contribution in [1.29, 1.82) is 0 Å². The summed E-state index contributed by atoms with van der Waals surface area (Å²) in [6, 6.07) is 3.98. The maximum atomic E-state index is 13.2. The number of pyridine rings is 1. The predicted octanol–water partition coefficient (Wildman–Crippen LogP) is 3.62. The molecule has 1 fully saturated rings. The monoisotopic (exact) mass is 546 g/mol. The van der Waals surface area contributed by atoms with Crippen molar-refractivity contribution in [2.75, 3.05) is 18.0 Å². The van der Waals surface area contributed by atoms with Gasteiger partial charge in [0.1, 0.15) is 10.1 Å².